The van der Waals surface area contributed by atoms with Crippen molar-refractivity contribution in [1.82, 2.24) is 4.98 Å². The molecule has 34 heavy (non-hydrogen) atoms. The lowest BCUT2D eigenvalue weighted by atomic mass is 10.1. The minimum absolute atomic E-state index is 0.104. The van der Waals surface area contributed by atoms with Gasteiger partial charge >= 0.3 is 12.1 Å². The van der Waals surface area contributed by atoms with Gasteiger partial charge in [-0.3, -0.25) is 4.79 Å². The van der Waals surface area contributed by atoms with Crippen LogP contribution in [0.3, 0.4) is 0 Å². The number of carbonyl (C=O) groups excluding carboxylic acids is 1. The molecule has 1 atom stereocenters. The molecule has 0 spiro atoms. The summed E-state index contributed by atoms with van der Waals surface area (Å²) in [5.41, 5.74) is 1.39. The van der Waals surface area contributed by atoms with Gasteiger partial charge in [0.25, 0.3) is 0 Å². The number of hydrogen-bond acceptors (Lipinski definition) is 5. The predicted molar refractivity (Wildman–Crippen MR) is 123 cm³/mol. The molecule has 1 aliphatic heterocycles. The van der Waals surface area contributed by atoms with E-state index in [1.54, 1.807) is 24.4 Å². The molecule has 2 aromatic carbocycles. The Morgan fingerprint density at radius 3 is 2.44 bits per heavy atom. The zero-order valence-electron chi connectivity index (χ0n) is 18.0. The molecule has 3 aromatic rings. The molecule has 1 unspecified atom stereocenters. The monoisotopic (exact) mass is 487 g/mol. The van der Waals surface area contributed by atoms with Crippen LogP contribution in [0.2, 0.25) is 0 Å². The summed E-state index contributed by atoms with van der Waals surface area (Å²) in [6.07, 6.45) is -2.80. The molecule has 176 valence electrons. The van der Waals surface area contributed by atoms with Crippen LogP contribution in [0.5, 0.6) is 0 Å². The number of carbonyl (C=O) groups is 2. The maximum absolute atomic E-state index is 12.9. The van der Waals surface area contributed by atoms with Gasteiger partial charge in [0.1, 0.15) is 5.69 Å². The van der Waals surface area contributed by atoms with Gasteiger partial charge in [0.05, 0.1) is 29.5 Å². The van der Waals surface area contributed by atoms with E-state index >= 15 is 0 Å². The highest BCUT2D eigenvalue weighted by atomic mass is 32.2. The van der Waals surface area contributed by atoms with E-state index in [0.717, 1.165) is 22.6 Å². The summed E-state index contributed by atoms with van der Waals surface area (Å²) < 4.78 is 38.7. The SMILES string of the molecule is CC(Nc1nccc2c1N(Cc1ccc(C(F)(F)F)cc1)C(=O)CS2)c1ccc(C(=O)O)cc1. The number of hydrogen-bond donors (Lipinski definition) is 2. The molecule has 4 rings (SSSR count). The second kappa shape index (κ2) is 9.38. The summed E-state index contributed by atoms with van der Waals surface area (Å²) in [7, 11) is 0. The summed E-state index contributed by atoms with van der Waals surface area (Å²) in [4.78, 5) is 30.7. The van der Waals surface area contributed by atoms with Gasteiger partial charge in [0.15, 0.2) is 5.82 Å². The largest absolute Gasteiger partial charge is 0.478 e. The van der Waals surface area contributed by atoms with Crippen LogP contribution in [-0.4, -0.2) is 27.7 Å². The number of fused-ring (bicyclic) bond motifs is 1. The van der Waals surface area contributed by atoms with Crippen molar-refractivity contribution >= 4 is 35.1 Å². The Labute approximate surface area is 197 Å². The number of benzene rings is 2. The smallest absolute Gasteiger partial charge is 0.416 e. The van der Waals surface area contributed by atoms with E-state index in [-0.39, 0.29) is 29.8 Å². The Kier molecular flexibility index (Phi) is 6.52. The number of alkyl halides is 3. The van der Waals surface area contributed by atoms with Crippen molar-refractivity contribution in [3.63, 3.8) is 0 Å². The molecule has 1 amide bonds. The van der Waals surface area contributed by atoms with Crippen LogP contribution in [0.25, 0.3) is 0 Å². The lowest BCUT2D eigenvalue weighted by molar-refractivity contribution is -0.137. The normalized spacial score (nSPS) is 14.5. The quantitative estimate of drug-likeness (QED) is 0.470. The standard InChI is InChI=1S/C24H20F3N3O3S/c1-14(16-4-6-17(7-5-16)23(32)33)29-22-21-19(10-11-28-22)34-13-20(31)30(21)12-15-2-8-18(9-3-15)24(25,26)27/h2-11,14H,12-13H2,1H3,(H,28,29)(H,32,33). The molecule has 1 aromatic heterocycles. The molecule has 10 heteroatoms. The average molecular weight is 488 g/mol. The maximum atomic E-state index is 12.9. The molecular weight excluding hydrogens is 467 g/mol. The molecule has 2 N–H and O–H groups in total. The first-order valence-electron chi connectivity index (χ1n) is 10.3. The third-order valence-electron chi connectivity index (χ3n) is 5.44. The summed E-state index contributed by atoms with van der Waals surface area (Å²) in [6, 6.07) is 12.7. The van der Waals surface area contributed by atoms with E-state index in [4.69, 9.17) is 5.11 Å². The fraction of sp³-hybridized carbons (Fsp3) is 0.208. The highest BCUT2D eigenvalue weighted by molar-refractivity contribution is 8.00. The topological polar surface area (TPSA) is 82.5 Å². The Morgan fingerprint density at radius 1 is 1.15 bits per heavy atom. The molecule has 0 aliphatic carbocycles. The first-order chi connectivity index (χ1) is 16.1. The first-order valence-corrected chi connectivity index (χ1v) is 11.3. The van der Waals surface area contributed by atoms with Crippen LogP contribution in [-0.2, 0) is 17.5 Å². The van der Waals surface area contributed by atoms with E-state index < -0.39 is 17.7 Å². The zero-order chi connectivity index (χ0) is 24.5. The van der Waals surface area contributed by atoms with Crippen LogP contribution < -0.4 is 10.2 Å². The van der Waals surface area contributed by atoms with Crippen LogP contribution in [0.15, 0.2) is 65.7 Å². The van der Waals surface area contributed by atoms with Crippen molar-refractivity contribution in [2.24, 2.45) is 0 Å². The number of carboxylic acids is 1. The van der Waals surface area contributed by atoms with E-state index in [2.05, 4.69) is 10.3 Å². The number of carboxylic acid groups (broad SMARTS) is 1. The van der Waals surface area contributed by atoms with Gasteiger partial charge in [0, 0.05) is 11.1 Å². The van der Waals surface area contributed by atoms with E-state index in [9.17, 15) is 22.8 Å². The van der Waals surface area contributed by atoms with E-state index in [1.165, 1.54) is 40.9 Å². The predicted octanol–water partition coefficient (Wildman–Crippen LogP) is 5.61. The summed E-state index contributed by atoms with van der Waals surface area (Å²) >= 11 is 1.37. The van der Waals surface area contributed by atoms with Crippen LogP contribution in [0.1, 0.15) is 40.0 Å². The molecular formula is C24H20F3N3O3S. The summed E-state index contributed by atoms with van der Waals surface area (Å²) in [5, 5.41) is 12.4. The Bertz CT molecular complexity index is 1210. The average Bonchev–Trinajstić information content (AvgIpc) is 2.81. The van der Waals surface area contributed by atoms with Gasteiger partial charge in [-0.1, -0.05) is 24.3 Å². The van der Waals surface area contributed by atoms with Crippen LogP contribution in [0, 0.1) is 0 Å². The number of aromatic carboxylic acids is 1. The lowest BCUT2D eigenvalue weighted by Gasteiger charge is -2.31. The number of amides is 1. The second-order valence-electron chi connectivity index (χ2n) is 7.76. The van der Waals surface area contributed by atoms with Crippen molar-refractivity contribution in [1.29, 1.82) is 0 Å². The van der Waals surface area contributed by atoms with Gasteiger partial charge in [0.2, 0.25) is 5.91 Å². The number of aromatic nitrogens is 1. The van der Waals surface area contributed by atoms with E-state index in [0.29, 0.717) is 17.1 Å². The van der Waals surface area contributed by atoms with Gasteiger partial charge in [-0.25, -0.2) is 9.78 Å². The first kappa shape index (κ1) is 23.6. The summed E-state index contributed by atoms with van der Waals surface area (Å²) in [5.74, 6) is -0.518. The highest BCUT2D eigenvalue weighted by Gasteiger charge is 2.31. The lowest BCUT2D eigenvalue weighted by Crippen LogP contribution is -2.35. The fourth-order valence-electron chi connectivity index (χ4n) is 3.61. The number of rotatable bonds is 6. The molecule has 2 heterocycles. The summed E-state index contributed by atoms with van der Waals surface area (Å²) in [6.45, 7) is 1.99. The third kappa shape index (κ3) is 5.01. The van der Waals surface area contributed by atoms with Gasteiger partial charge in [-0.2, -0.15) is 13.2 Å². The van der Waals surface area contributed by atoms with Crippen molar-refractivity contribution in [2.75, 3.05) is 16.0 Å². The molecule has 0 radical (unpaired) electrons. The molecule has 0 fully saturated rings. The van der Waals surface area contributed by atoms with Gasteiger partial charge < -0.3 is 15.3 Å². The number of halogens is 3. The van der Waals surface area contributed by atoms with Gasteiger partial charge in [-0.15, -0.1) is 11.8 Å². The van der Waals surface area contributed by atoms with Crippen molar-refractivity contribution in [3.8, 4) is 0 Å². The van der Waals surface area contributed by atoms with Crippen molar-refractivity contribution in [2.45, 2.75) is 30.6 Å². The molecule has 0 bridgehead atoms. The minimum Gasteiger partial charge on any atom is -0.478 e. The van der Waals surface area contributed by atoms with Crippen molar-refractivity contribution in [3.05, 3.63) is 83.0 Å². The van der Waals surface area contributed by atoms with Gasteiger partial charge in [-0.05, 0) is 48.4 Å². The van der Waals surface area contributed by atoms with E-state index in [1.807, 2.05) is 6.92 Å². The van der Waals surface area contributed by atoms with Crippen LogP contribution in [0.4, 0.5) is 24.7 Å². The zero-order valence-corrected chi connectivity index (χ0v) is 18.8. The number of pyridine rings is 1. The van der Waals surface area contributed by atoms with Crippen LogP contribution >= 0.6 is 11.8 Å². The molecule has 0 saturated carbocycles. The molecule has 1 aliphatic rings. The Morgan fingerprint density at radius 2 is 1.82 bits per heavy atom. The number of nitrogens with one attached hydrogen (secondary N) is 1. The molecule has 6 nitrogen and oxygen atoms in total. The second-order valence-corrected chi connectivity index (χ2v) is 8.78. The Hall–Kier alpha value is -3.53. The number of anilines is 2. The van der Waals surface area contributed by atoms with Crippen molar-refractivity contribution < 1.29 is 27.9 Å². The fourth-order valence-corrected chi connectivity index (χ4v) is 4.55. The minimum atomic E-state index is -4.43. The highest BCUT2D eigenvalue weighted by Crippen LogP contribution is 2.41. The molecule has 0 saturated heterocycles. The maximum Gasteiger partial charge on any atom is 0.416 e. The third-order valence-corrected chi connectivity index (χ3v) is 6.47. The number of thioether (sulfide) groups is 1. The number of nitrogens with zero attached hydrogens (tertiary/aromatic N) is 2. The Balaban J connectivity index is 1.61.